The van der Waals surface area contributed by atoms with Crippen LogP contribution in [0, 0.1) is 0 Å². The second-order valence-corrected chi connectivity index (χ2v) is 6.86. The van der Waals surface area contributed by atoms with Crippen LogP contribution in [-0.2, 0) is 0 Å². The molecule has 0 aliphatic carbocycles. The van der Waals surface area contributed by atoms with Gasteiger partial charge in [-0.1, -0.05) is 36.4 Å². The van der Waals surface area contributed by atoms with Crippen molar-refractivity contribution in [3.63, 3.8) is 0 Å². The third-order valence-corrected chi connectivity index (χ3v) is 4.96. The number of aromatic nitrogens is 2. The van der Waals surface area contributed by atoms with Crippen molar-refractivity contribution in [1.29, 1.82) is 0 Å². The quantitative estimate of drug-likeness (QED) is 0.443. The molecule has 0 saturated heterocycles. The third kappa shape index (κ3) is 3.22. The minimum absolute atomic E-state index is 0.0687. The van der Waals surface area contributed by atoms with E-state index in [9.17, 15) is 9.90 Å². The minimum atomic E-state index is -0.348. The highest BCUT2D eigenvalue weighted by molar-refractivity contribution is 5.86. The fourth-order valence-electron chi connectivity index (χ4n) is 3.41. The van der Waals surface area contributed by atoms with Crippen LogP contribution < -0.4 is 10.3 Å². The number of aromatic hydroxyl groups is 1. The molecular weight excluding hydrogens is 394 g/mol. The molecule has 152 valence electrons. The Hall–Kier alpha value is -4.39. The zero-order valence-corrected chi connectivity index (χ0v) is 16.5. The summed E-state index contributed by atoms with van der Waals surface area (Å²) in [7, 11) is 1.47. The van der Waals surface area contributed by atoms with Crippen LogP contribution in [0.25, 0.3) is 33.5 Å². The van der Waals surface area contributed by atoms with Gasteiger partial charge in [0.2, 0.25) is 5.82 Å². The van der Waals surface area contributed by atoms with Crippen LogP contribution in [-0.4, -0.2) is 28.1 Å². The molecule has 5 aromatic rings. The first-order valence-corrected chi connectivity index (χ1v) is 9.57. The molecule has 1 N–H and O–H groups in total. The molecule has 0 radical (unpaired) electrons. The van der Waals surface area contributed by atoms with Crippen LogP contribution in [0.1, 0.15) is 5.56 Å². The number of phenolic OH excluding ortho intramolecular Hbond substituents is 1. The Bertz CT molecular complexity index is 1480. The second-order valence-electron chi connectivity index (χ2n) is 6.86. The molecule has 5 rings (SSSR count). The van der Waals surface area contributed by atoms with E-state index < -0.39 is 0 Å². The van der Waals surface area contributed by atoms with Crippen LogP contribution in [0.4, 0.5) is 0 Å². The van der Waals surface area contributed by atoms with E-state index in [0.29, 0.717) is 33.6 Å². The van der Waals surface area contributed by atoms with Gasteiger partial charge in [0.1, 0.15) is 5.58 Å². The molecular formula is C24H17N3O4. The van der Waals surface area contributed by atoms with E-state index in [2.05, 4.69) is 10.1 Å². The molecule has 0 aliphatic heterocycles. The Morgan fingerprint density at radius 3 is 2.71 bits per heavy atom. The smallest absolute Gasteiger partial charge is 0.282 e. The van der Waals surface area contributed by atoms with Gasteiger partial charge in [0.25, 0.3) is 5.56 Å². The van der Waals surface area contributed by atoms with Gasteiger partial charge < -0.3 is 14.3 Å². The van der Waals surface area contributed by atoms with Crippen LogP contribution in [0.2, 0.25) is 0 Å². The molecule has 2 aromatic heterocycles. The predicted octanol–water partition coefficient (Wildman–Crippen LogP) is 4.41. The monoisotopic (exact) mass is 411 g/mol. The van der Waals surface area contributed by atoms with E-state index in [-0.39, 0.29) is 17.1 Å². The summed E-state index contributed by atoms with van der Waals surface area (Å²) in [6.07, 6.45) is 1.39. The Kier molecular flexibility index (Phi) is 4.48. The first-order valence-electron chi connectivity index (χ1n) is 9.57. The van der Waals surface area contributed by atoms with Gasteiger partial charge in [-0.05, 0) is 36.4 Å². The zero-order valence-electron chi connectivity index (χ0n) is 16.5. The van der Waals surface area contributed by atoms with E-state index in [4.69, 9.17) is 9.15 Å². The van der Waals surface area contributed by atoms with Crippen LogP contribution in [0.15, 0.2) is 87.1 Å². The Morgan fingerprint density at radius 2 is 1.87 bits per heavy atom. The Morgan fingerprint density at radius 1 is 1.06 bits per heavy atom. The van der Waals surface area contributed by atoms with Crippen molar-refractivity contribution in [2.75, 3.05) is 7.11 Å². The fourth-order valence-corrected chi connectivity index (χ4v) is 3.41. The second kappa shape index (κ2) is 7.46. The number of para-hydroxylation sites is 3. The summed E-state index contributed by atoms with van der Waals surface area (Å²) in [6.45, 7) is 0. The summed E-state index contributed by atoms with van der Waals surface area (Å²) in [6, 6.07) is 21.5. The van der Waals surface area contributed by atoms with Crippen molar-refractivity contribution in [3.05, 3.63) is 88.7 Å². The summed E-state index contributed by atoms with van der Waals surface area (Å²) >= 11 is 0. The molecule has 2 heterocycles. The first kappa shape index (κ1) is 18.6. The van der Waals surface area contributed by atoms with E-state index in [1.807, 2.05) is 36.4 Å². The zero-order chi connectivity index (χ0) is 21.4. The van der Waals surface area contributed by atoms with Gasteiger partial charge >= 0.3 is 0 Å². The van der Waals surface area contributed by atoms with Gasteiger partial charge in [-0.3, -0.25) is 4.79 Å². The molecule has 0 atom stereocenters. The largest absolute Gasteiger partial charge is 0.504 e. The summed E-state index contributed by atoms with van der Waals surface area (Å²) in [4.78, 5) is 17.9. The molecule has 0 fully saturated rings. The Balaban J connectivity index is 1.74. The molecule has 0 unspecified atom stereocenters. The number of hydrogen-bond acceptors (Lipinski definition) is 6. The first-order chi connectivity index (χ1) is 15.2. The van der Waals surface area contributed by atoms with Gasteiger partial charge in [-0.2, -0.15) is 9.78 Å². The molecule has 31 heavy (non-hydrogen) atoms. The number of nitrogens with zero attached hydrogens (tertiary/aromatic N) is 3. The fraction of sp³-hybridized carbons (Fsp3) is 0.0417. The van der Waals surface area contributed by atoms with Crippen molar-refractivity contribution >= 4 is 28.1 Å². The lowest BCUT2D eigenvalue weighted by atomic mass is 10.2. The van der Waals surface area contributed by atoms with Crippen LogP contribution >= 0.6 is 0 Å². The maximum Gasteiger partial charge on any atom is 0.282 e. The highest BCUT2D eigenvalue weighted by Gasteiger charge is 2.16. The predicted molar refractivity (Wildman–Crippen MR) is 119 cm³/mol. The van der Waals surface area contributed by atoms with E-state index in [1.165, 1.54) is 18.0 Å². The topological polar surface area (TPSA) is 89.9 Å². The maximum atomic E-state index is 13.2. The number of benzene rings is 3. The number of hydrogen-bond donors (Lipinski definition) is 1. The standard InChI is InChI=1S/C24H17N3O4/c1-30-20-12-6-8-16(22(20)28)14-25-27-23(21-13-15-7-2-5-11-19(15)31-21)26-18-10-4-3-9-17(18)24(27)29/h2-14,28H,1H3. The highest BCUT2D eigenvalue weighted by atomic mass is 16.5. The summed E-state index contributed by atoms with van der Waals surface area (Å²) in [5.74, 6) is 0.917. The average Bonchev–Trinajstić information content (AvgIpc) is 3.23. The van der Waals surface area contributed by atoms with Crippen molar-refractivity contribution in [1.82, 2.24) is 9.66 Å². The average molecular weight is 411 g/mol. The summed E-state index contributed by atoms with van der Waals surface area (Å²) in [5.41, 5.74) is 1.27. The lowest BCUT2D eigenvalue weighted by molar-refractivity contribution is 0.373. The molecule has 0 saturated carbocycles. The highest BCUT2D eigenvalue weighted by Crippen LogP contribution is 2.29. The van der Waals surface area contributed by atoms with Gasteiger partial charge in [-0.15, -0.1) is 0 Å². The number of furan rings is 1. The van der Waals surface area contributed by atoms with Crippen molar-refractivity contribution < 1.29 is 14.3 Å². The Labute approximate surface area is 176 Å². The normalized spacial score (nSPS) is 11.5. The number of fused-ring (bicyclic) bond motifs is 2. The summed E-state index contributed by atoms with van der Waals surface area (Å²) < 4.78 is 12.3. The van der Waals surface area contributed by atoms with Crippen LogP contribution in [0.5, 0.6) is 11.5 Å². The van der Waals surface area contributed by atoms with Crippen molar-refractivity contribution in [3.8, 4) is 23.1 Å². The minimum Gasteiger partial charge on any atom is -0.504 e. The number of ether oxygens (including phenoxy) is 1. The molecule has 7 heteroatoms. The molecule has 0 spiro atoms. The molecule has 3 aromatic carbocycles. The van der Waals surface area contributed by atoms with E-state index in [1.54, 1.807) is 36.4 Å². The van der Waals surface area contributed by atoms with E-state index in [0.717, 1.165) is 5.39 Å². The lowest BCUT2D eigenvalue weighted by Gasteiger charge is -2.08. The van der Waals surface area contributed by atoms with E-state index >= 15 is 0 Å². The molecule has 0 amide bonds. The third-order valence-electron chi connectivity index (χ3n) is 4.96. The maximum absolute atomic E-state index is 13.2. The van der Waals surface area contributed by atoms with Crippen molar-refractivity contribution in [2.45, 2.75) is 0 Å². The van der Waals surface area contributed by atoms with Crippen molar-refractivity contribution in [2.24, 2.45) is 5.10 Å². The molecule has 7 nitrogen and oxygen atoms in total. The molecule has 0 aliphatic rings. The SMILES string of the molecule is COc1cccc(C=Nn2c(-c3cc4ccccc4o3)nc3ccccc3c2=O)c1O. The van der Waals surface area contributed by atoms with Crippen LogP contribution in [0.3, 0.4) is 0 Å². The van der Waals surface area contributed by atoms with Gasteiger partial charge in [0, 0.05) is 10.9 Å². The lowest BCUT2D eigenvalue weighted by Crippen LogP contribution is -2.20. The van der Waals surface area contributed by atoms with Gasteiger partial charge in [0.15, 0.2) is 17.3 Å². The number of rotatable bonds is 4. The summed E-state index contributed by atoms with van der Waals surface area (Å²) in [5, 5.41) is 16.0. The number of methoxy groups -OCH3 is 1. The van der Waals surface area contributed by atoms with Gasteiger partial charge in [-0.25, -0.2) is 4.98 Å². The molecule has 0 bridgehead atoms. The van der Waals surface area contributed by atoms with Gasteiger partial charge in [0.05, 0.1) is 24.2 Å². The number of phenols is 1.